The summed E-state index contributed by atoms with van der Waals surface area (Å²) in [6.45, 7) is 10.4. The van der Waals surface area contributed by atoms with Crippen molar-refractivity contribution in [2.75, 3.05) is 6.54 Å². The summed E-state index contributed by atoms with van der Waals surface area (Å²) in [4.78, 5) is 25.4. The third-order valence-corrected chi connectivity index (χ3v) is 7.71. The SMILES string of the molecule is Cc1ccccc1.Cc1ccccc1SN1C(c2ccc(Cl)cc2)C(C(=O)NCC(N)=O)=CC1C(C)(C)C. The second-order valence-electron chi connectivity index (χ2n) is 10.4. The van der Waals surface area contributed by atoms with Crippen LogP contribution in [-0.2, 0) is 9.59 Å². The fraction of sp³-hybridized carbons (Fsp3) is 0.290. The maximum absolute atomic E-state index is 13.1. The fourth-order valence-electron chi connectivity index (χ4n) is 4.12. The minimum Gasteiger partial charge on any atom is -0.368 e. The number of aryl methyl sites for hydroxylation is 2. The quantitative estimate of drug-likeness (QED) is 0.337. The maximum Gasteiger partial charge on any atom is 0.249 e. The van der Waals surface area contributed by atoms with Crippen molar-refractivity contribution in [1.29, 1.82) is 0 Å². The minimum atomic E-state index is -0.575. The molecule has 3 aromatic rings. The minimum absolute atomic E-state index is 0.0212. The number of halogens is 1. The van der Waals surface area contributed by atoms with Crippen molar-refractivity contribution in [1.82, 2.24) is 9.62 Å². The highest BCUT2D eigenvalue weighted by Gasteiger charge is 2.44. The molecule has 3 N–H and O–H groups in total. The number of rotatable bonds is 6. The van der Waals surface area contributed by atoms with Crippen molar-refractivity contribution >= 4 is 35.4 Å². The van der Waals surface area contributed by atoms with Crippen LogP contribution in [0.1, 0.15) is 43.5 Å². The van der Waals surface area contributed by atoms with Gasteiger partial charge in [0.05, 0.1) is 12.6 Å². The van der Waals surface area contributed by atoms with Crippen LogP contribution in [0.15, 0.2) is 95.4 Å². The van der Waals surface area contributed by atoms with Gasteiger partial charge in [-0.1, -0.05) is 105 Å². The van der Waals surface area contributed by atoms with Crippen LogP contribution in [0.2, 0.25) is 5.02 Å². The summed E-state index contributed by atoms with van der Waals surface area (Å²) in [5, 5.41) is 3.29. The molecule has 1 aliphatic heterocycles. The summed E-state index contributed by atoms with van der Waals surface area (Å²) in [5.41, 5.74) is 9.16. The number of hydrogen-bond donors (Lipinski definition) is 2. The molecule has 7 heteroatoms. The number of carbonyl (C=O) groups is 2. The molecule has 200 valence electrons. The number of benzene rings is 3. The summed E-state index contributed by atoms with van der Waals surface area (Å²) in [7, 11) is 0. The fourth-order valence-corrected chi connectivity index (χ4v) is 5.66. The average molecular weight is 550 g/mol. The molecule has 0 spiro atoms. The van der Waals surface area contributed by atoms with Crippen LogP contribution in [0.5, 0.6) is 0 Å². The lowest BCUT2D eigenvalue weighted by Gasteiger charge is -2.37. The molecule has 38 heavy (non-hydrogen) atoms. The molecule has 2 amide bonds. The number of carbonyl (C=O) groups excluding carboxylic acids is 2. The molecule has 1 heterocycles. The van der Waals surface area contributed by atoms with Crippen LogP contribution in [0.3, 0.4) is 0 Å². The van der Waals surface area contributed by atoms with E-state index in [1.165, 1.54) is 11.1 Å². The van der Waals surface area contributed by atoms with Gasteiger partial charge in [-0.25, -0.2) is 4.31 Å². The number of primary amides is 1. The second-order valence-corrected chi connectivity index (χ2v) is 11.9. The molecule has 0 fully saturated rings. The normalized spacial score (nSPS) is 17.3. The van der Waals surface area contributed by atoms with Gasteiger partial charge < -0.3 is 11.1 Å². The topological polar surface area (TPSA) is 75.4 Å². The Morgan fingerprint density at radius 1 is 0.947 bits per heavy atom. The maximum atomic E-state index is 13.1. The highest BCUT2D eigenvalue weighted by Crippen LogP contribution is 2.49. The van der Waals surface area contributed by atoms with E-state index in [1.807, 2.05) is 60.7 Å². The summed E-state index contributed by atoms with van der Waals surface area (Å²) >= 11 is 7.77. The largest absolute Gasteiger partial charge is 0.368 e. The molecule has 0 aliphatic carbocycles. The van der Waals surface area contributed by atoms with E-state index in [4.69, 9.17) is 17.3 Å². The van der Waals surface area contributed by atoms with Crippen molar-refractivity contribution in [3.8, 4) is 0 Å². The van der Waals surface area contributed by atoms with E-state index in [1.54, 1.807) is 11.9 Å². The first-order valence-electron chi connectivity index (χ1n) is 12.5. The van der Waals surface area contributed by atoms with Gasteiger partial charge >= 0.3 is 0 Å². The first kappa shape index (κ1) is 29.5. The van der Waals surface area contributed by atoms with Gasteiger partial charge in [0.1, 0.15) is 0 Å². The highest BCUT2D eigenvalue weighted by molar-refractivity contribution is 7.97. The zero-order chi connectivity index (χ0) is 27.9. The van der Waals surface area contributed by atoms with E-state index in [0.717, 1.165) is 10.5 Å². The van der Waals surface area contributed by atoms with Gasteiger partial charge in [-0.05, 0) is 60.5 Å². The Morgan fingerprint density at radius 2 is 1.55 bits per heavy atom. The second kappa shape index (κ2) is 13.1. The van der Waals surface area contributed by atoms with Gasteiger partial charge in [-0.2, -0.15) is 0 Å². The first-order chi connectivity index (χ1) is 18.0. The van der Waals surface area contributed by atoms with Gasteiger partial charge in [0.2, 0.25) is 11.8 Å². The zero-order valence-corrected chi connectivity index (χ0v) is 24.1. The Balaban J connectivity index is 0.000000494. The molecule has 0 aromatic heterocycles. The number of nitrogens with two attached hydrogens (primary N) is 1. The summed E-state index contributed by atoms with van der Waals surface area (Å²) < 4.78 is 2.27. The molecule has 2 atom stereocenters. The van der Waals surface area contributed by atoms with Crippen molar-refractivity contribution in [2.24, 2.45) is 11.1 Å². The van der Waals surface area contributed by atoms with E-state index >= 15 is 0 Å². The van der Waals surface area contributed by atoms with Crippen LogP contribution >= 0.6 is 23.5 Å². The third-order valence-electron chi connectivity index (χ3n) is 6.16. The Morgan fingerprint density at radius 3 is 2.08 bits per heavy atom. The molecule has 4 rings (SSSR count). The molecule has 0 bridgehead atoms. The molecule has 1 aliphatic rings. The van der Waals surface area contributed by atoms with E-state index in [-0.39, 0.29) is 30.0 Å². The lowest BCUT2D eigenvalue weighted by atomic mass is 9.87. The Bertz CT molecular complexity index is 1270. The van der Waals surface area contributed by atoms with Crippen LogP contribution in [0.25, 0.3) is 0 Å². The van der Waals surface area contributed by atoms with Gasteiger partial charge in [-0.3, -0.25) is 9.59 Å². The molecule has 0 saturated carbocycles. The predicted octanol–water partition coefficient (Wildman–Crippen LogP) is 6.65. The van der Waals surface area contributed by atoms with Crippen molar-refractivity contribution in [2.45, 2.75) is 51.6 Å². The monoisotopic (exact) mass is 549 g/mol. The van der Waals surface area contributed by atoms with E-state index < -0.39 is 5.91 Å². The average Bonchev–Trinajstić information content (AvgIpc) is 3.25. The zero-order valence-electron chi connectivity index (χ0n) is 22.6. The van der Waals surface area contributed by atoms with Crippen LogP contribution in [-0.4, -0.2) is 28.7 Å². The van der Waals surface area contributed by atoms with Crippen molar-refractivity contribution in [3.63, 3.8) is 0 Å². The smallest absolute Gasteiger partial charge is 0.249 e. The molecule has 5 nitrogen and oxygen atoms in total. The van der Waals surface area contributed by atoms with Gasteiger partial charge in [0, 0.05) is 21.5 Å². The van der Waals surface area contributed by atoms with Gasteiger partial charge in [-0.15, -0.1) is 0 Å². The van der Waals surface area contributed by atoms with E-state index in [9.17, 15) is 9.59 Å². The van der Waals surface area contributed by atoms with Crippen LogP contribution < -0.4 is 11.1 Å². The highest BCUT2D eigenvalue weighted by atomic mass is 35.5. The lowest BCUT2D eigenvalue weighted by Crippen LogP contribution is -2.38. The standard InChI is InChI=1S/C24H28ClN3O2S.C7H8/c1-15-7-5-6-8-19(15)31-28-20(24(2,3)4)13-18(23(30)27-14-21(26)29)22(28)16-9-11-17(25)12-10-16;1-7-5-3-2-4-6-7/h5-13,20,22H,14H2,1-4H3,(H2,26,29)(H,27,30);2-6H,1H3. The van der Waals surface area contributed by atoms with E-state index in [2.05, 4.69) is 68.5 Å². The summed E-state index contributed by atoms with van der Waals surface area (Å²) in [5.74, 6) is -0.866. The number of nitrogens with one attached hydrogen (secondary N) is 1. The molecule has 2 unspecified atom stereocenters. The van der Waals surface area contributed by atoms with Crippen molar-refractivity contribution < 1.29 is 9.59 Å². The molecular weight excluding hydrogens is 514 g/mol. The predicted molar refractivity (Wildman–Crippen MR) is 158 cm³/mol. The number of hydrogen-bond acceptors (Lipinski definition) is 4. The Hall–Kier alpha value is -3.06. The molecular formula is C31H36ClN3O2S. The summed E-state index contributed by atoms with van der Waals surface area (Å²) in [6, 6.07) is 25.7. The van der Waals surface area contributed by atoms with Gasteiger partial charge in [0.25, 0.3) is 0 Å². The van der Waals surface area contributed by atoms with Gasteiger partial charge in [0.15, 0.2) is 0 Å². The lowest BCUT2D eigenvalue weighted by molar-refractivity contribution is -0.122. The number of nitrogens with zero attached hydrogens (tertiary/aromatic N) is 1. The Labute approximate surface area is 235 Å². The first-order valence-corrected chi connectivity index (χ1v) is 13.7. The Kier molecular flexibility index (Phi) is 10.2. The van der Waals surface area contributed by atoms with Crippen LogP contribution in [0, 0.1) is 19.3 Å². The van der Waals surface area contributed by atoms with Crippen LogP contribution in [0.4, 0.5) is 0 Å². The third kappa shape index (κ3) is 7.97. The molecule has 0 radical (unpaired) electrons. The van der Waals surface area contributed by atoms with E-state index in [0.29, 0.717) is 10.6 Å². The van der Waals surface area contributed by atoms with Crippen molar-refractivity contribution in [3.05, 3.63) is 112 Å². The molecule has 3 aromatic carbocycles. The molecule has 0 saturated heterocycles. The summed E-state index contributed by atoms with van der Waals surface area (Å²) in [6.07, 6.45) is 2.01. The number of amides is 2.